The van der Waals surface area contributed by atoms with Crippen molar-refractivity contribution < 1.29 is 9.21 Å². The van der Waals surface area contributed by atoms with Gasteiger partial charge in [0.25, 0.3) is 5.91 Å². The van der Waals surface area contributed by atoms with E-state index in [9.17, 15) is 4.79 Å². The summed E-state index contributed by atoms with van der Waals surface area (Å²) in [5, 5.41) is 8.94. The summed E-state index contributed by atoms with van der Waals surface area (Å²) in [6.45, 7) is 3.83. The van der Waals surface area contributed by atoms with Crippen LogP contribution in [0.5, 0.6) is 0 Å². The standard InChI is InChI=1S/C17H17N3O2/c18-12-14-3-1-4-15(11-14)13-19-6-8-20(9-7-19)17(21)16-5-2-10-22-16/h1-5,10-11H,6-9,13H2. The number of carbonyl (C=O) groups excluding carboxylic acids is 1. The smallest absolute Gasteiger partial charge is 0.289 e. The molecule has 0 aliphatic carbocycles. The van der Waals surface area contributed by atoms with Crippen molar-refractivity contribution >= 4 is 5.91 Å². The second-order valence-corrected chi connectivity index (χ2v) is 5.36. The van der Waals surface area contributed by atoms with Crippen molar-refractivity contribution in [3.05, 3.63) is 59.5 Å². The Morgan fingerprint density at radius 1 is 1.18 bits per heavy atom. The predicted molar refractivity (Wildman–Crippen MR) is 81.0 cm³/mol. The summed E-state index contributed by atoms with van der Waals surface area (Å²) in [6, 6.07) is 13.2. The molecular weight excluding hydrogens is 278 g/mol. The van der Waals surface area contributed by atoms with Gasteiger partial charge >= 0.3 is 0 Å². The van der Waals surface area contributed by atoms with E-state index < -0.39 is 0 Å². The van der Waals surface area contributed by atoms with Gasteiger partial charge in [0.2, 0.25) is 0 Å². The Morgan fingerprint density at radius 2 is 2.00 bits per heavy atom. The van der Waals surface area contributed by atoms with Gasteiger partial charge in [-0.05, 0) is 29.8 Å². The van der Waals surface area contributed by atoms with E-state index in [0.717, 1.165) is 25.2 Å². The molecule has 1 saturated heterocycles. The molecule has 2 aromatic rings. The summed E-state index contributed by atoms with van der Waals surface area (Å²) < 4.78 is 5.16. The van der Waals surface area contributed by atoms with Gasteiger partial charge in [-0.25, -0.2) is 0 Å². The van der Waals surface area contributed by atoms with Crippen LogP contribution in [0.3, 0.4) is 0 Å². The van der Waals surface area contributed by atoms with Crippen molar-refractivity contribution in [2.75, 3.05) is 26.2 Å². The Bertz CT molecular complexity index is 680. The largest absolute Gasteiger partial charge is 0.459 e. The number of nitriles is 1. The molecule has 112 valence electrons. The van der Waals surface area contributed by atoms with E-state index in [1.165, 1.54) is 6.26 Å². The van der Waals surface area contributed by atoms with Crippen molar-refractivity contribution in [2.45, 2.75) is 6.54 Å². The zero-order valence-corrected chi connectivity index (χ0v) is 12.2. The van der Waals surface area contributed by atoms with Crippen molar-refractivity contribution in [1.82, 2.24) is 9.80 Å². The lowest BCUT2D eigenvalue weighted by molar-refractivity contribution is 0.0598. The van der Waals surface area contributed by atoms with Crippen molar-refractivity contribution in [2.24, 2.45) is 0 Å². The number of carbonyl (C=O) groups is 1. The monoisotopic (exact) mass is 295 g/mol. The molecule has 1 aliphatic rings. The summed E-state index contributed by atoms with van der Waals surface area (Å²) in [5.41, 5.74) is 1.81. The minimum atomic E-state index is -0.0453. The van der Waals surface area contributed by atoms with Crippen LogP contribution < -0.4 is 0 Å². The fourth-order valence-electron chi connectivity index (χ4n) is 2.66. The molecule has 0 atom stereocenters. The second kappa shape index (κ2) is 6.46. The molecule has 1 amide bonds. The lowest BCUT2D eigenvalue weighted by Crippen LogP contribution is -2.48. The Labute approximate surface area is 129 Å². The van der Waals surface area contributed by atoms with Gasteiger partial charge in [-0.15, -0.1) is 0 Å². The van der Waals surface area contributed by atoms with Crippen molar-refractivity contribution in [1.29, 1.82) is 5.26 Å². The second-order valence-electron chi connectivity index (χ2n) is 5.36. The molecule has 3 rings (SSSR count). The highest BCUT2D eigenvalue weighted by Gasteiger charge is 2.23. The van der Waals surface area contributed by atoms with Crippen LogP contribution in [0, 0.1) is 11.3 Å². The first-order valence-corrected chi connectivity index (χ1v) is 7.30. The van der Waals surface area contributed by atoms with Crippen LogP contribution in [0.15, 0.2) is 47.1 Å². The van der Waals surface area contributed by atoms with E-state index in [2.05, 4.69) is 11.0 Å². The lowest BCUT2D eigenvalue weighted by Gasteiger charge is -2.34. The average molecular weight is 295 g/mol. The van der Waals surface area contributed by atoms with Crippen LogP contribution in [0.4, 0.5) is 0 Å². The van der Waals surface area contributed by atoms with Gasteiger partial charge in [0.15, 0.2) is 5.76 Å². The molecule has 1 aromatic carbocycles. The normalized spacial score (nSPS) is 15.5. The topological polar surface area (TPSA) is 60.5 Å². The van der Waals surface area contributed by atoms with Crippen LogP contribution >= 0.6 is 0 Å². The molecule has 5 heteroatoms. The quantitative estimate of drug-likeness (QED) is 0.870. The third-order valence-corrected chi connectivity index (χ3v) is 3.85. The molecule has 0 radical (unpaired) electrons. The number of hydrogen-bond donors (Lipinski definition) is 0. The minimum absolute atomic E-state index is 0.0453. The summed E-state index contributed by atoms with van der Waals surface area (Å²) in [7, 11) is 0. The fraction of sp³-hybridized carbons (Fsp3) is 0.294. The van der Waals surface area contributed by atoms with Gasteiger partial charge in [-0.1, -0.05) is 12.1 Å². The summed E-state index contributed by atoms with van der Waals surface area (Å²) in [5.74, 6) is 0.353. The summed E-state index contributed by atoms with van der Waals surface area (Å²) in [4.78, 5) is 16.3. The molecule has 2 heterocycles. The van der Waals surface area contributed by atoms with Gasteiger partial charge < -0.3 is 9.32 Å². The van der Waals surface area contributed by atoms with Crippen LogP contribution in [0.2, 0.25) is 0 Å². The van der Waals surface area contributed by atoms with Crippen molar-refractivity contribution in [3.63, 3.8) is 0 Å². The molecule has 0 N–H and O–H groups in total. The zero-order valence-electron chi connectivity index (χ0n) is 12.2. The molecule has 0 bridgehead atoms. The highest BCUT2D eigenvalue weighted by molar-refractivity contribution is 5.91. The van der Waals surface area contributed by atoms with Gasteiger partial charge in [0.1, 0.15) is 0 Å². The number of furan rings is 1. The molecule has 1 aliphatic heterocycles. The highest BCUT2D eigenvalue weighted by atomic mass is 16.3. The molecule has 0 spiro atoms. The number of piperazine rings is 1. The van der Waals surface area contributed by atoms with Crippen LogP contribution in [-0.2, 0) is 6.54 Å². The third-order valence-electron chi connectivity index (χ3n) is 3.85. The van der Waals surface area contributed by atoms with Gasteiger partial charge in [-0.3, -0.25) is 9.69 Å². The van der Waals surface area contributed by atoms with E-state index in [1.54, 1.807) is 12.1 Å². The van der Waals surface area contributed by atoms with E-state index in [0.29, 0.717) is 24.4 Å². The van der Waals surface area contributed by atoms with Crippen LogP contribution in [-0.4, -0.2) is 41.9 Å². The predicted octanol–water partition coefficient (Wildman–Crippen LogP) is 2.11. The zero-order chi connectivity index (χ0) is 15.4. The van der Waals surface area contributed by atoms with E-state index in [1.807, 2.05) is 29.2 Å². The molecule has 0 saturated carbocycles. The summed E-state index contributed by atoms with van der Waals surface area (Å²) in [6.07, 6.45) is 1.52. The molecule has 1 aromatic heterocycles. The highest BCUT2D eigenvalue weighted by Crippen LogP contribution is 2.13. The number of nitrogens with zero attached hydrogens (tertiary/aromatic N) is 3. The number of rotatable bonds is 3. The molecule has 0 unspecified atom stereocenters. The number of benzene rings is 1. The van der Waals surface area contributed by atoms with E-state index >= 15 is 0 Å². The van der Waals surface area contributed by atoms with E-state index in [-0.39, 0.29) is 5.91 Å². The Hall–Kier alpha value is -2.58. The molecular formula is C17H17N3O2. The third kappa shape index (κ3) is 3.18. The Morgan fingerprint density at radius 3 is 2.68 bits per heavy atom. The molecule has 22 heavy (non-hydrogen) atoms. The maximum absolute atomic E-state index is 12.2. The minimum Gasteiger partial charge on any atom is -0.459 e. The first kappa shape index (κ1) is 14.4. The van der Waals surface area contributed by atoms with Gasteiger partial charge in [0.05, 0.1) is 17.9 Å². The average Bonchev–Trinajstić information content (AvgIpc) is 3.09. The molecule has 5 nitrogen and oxygen atoms in total. The fourth-order valence-corrected chi connectivity index (χ4v) is 2.66. The lowest BCUT2D eigenvalue weighted by atomic mass is 10.1. The SMILES string of the molecule is N#Cc1cccc(CN2CCN(C(=O)c3ccco3)CC2)c1. The van der Waals surface area contributed by atoms with Crippen LogP contribution in [0.1, 0.15) is 21.7 Å². The van der Waals surface area contributed by atoms with Gasteiger partial charge in [0, 0.05) is 32.7 Å². The summed E-state index contributed by atoms with van der Waals surface area (Å²) >= 11 is 0. The van der Waals surface area contributed by atoms with Crippen LogP contribution in [0.25, 0.3) is 0 Å². The molecule has 1 fully saturated rings. The Kier molecular flexibility index (Phi) is 4.22. The number of amides is 1. The van der Waals surface area contributed by atoms with Crippen molar-refractivity contribution in [3.8, 4) is 6.07 Å². The van der Waals surface area contributed by atoms with Gasteiger partial charge in [-0.2, -0.15) is 5.26 Å². The first-order valence-electron chi connectivity index (χ1n) is 7.30. The Balaban J connectivity index is 1.55. The first-order chi connectivity index (χ1) is 10.8. The number of hydrogen-bond acceptors (Lipinski definition) is 4. The maximum Gasteiger partial charge on any atom is 0.289 e. The van der Waals surface area contributed by atoms with E-state index in [4.69, 9.17) is 9.68 Å². The maximum atomic E-state index is 12.2.